The summed E-state index contributed by atoms with van der Waals surface area (Å²) in [5.41, 5.74) is 0. The molecule has 0 aliphatic heterocycles. The van der Waals surface area contributed by atoms with Gasteiger partial charge in [-0.1, -0.05) is 117 Å². The zero-order valence-electron chi connectivity index (χ0n) is 21.5. The molecular weight excluding hydrogens is 411 g/mol. The van der Waals surface area contributed by atoms with Gasteiger partial charge in [0, 0.05) is 0 Å². The van der Waals surface area contributed by atoms with Crippen LogP contribution in [0.1, 0.15) is 142 Å². The minimum atomic E-state index is 0. The molecule has 0 spiro atoms. The minimum absolute atomic E-state index is 0. The molecule has 3 N–H and O–H groups in total. The highest BCUT2D eigenvalue weighted by atomic mass is 35.5. The molecule has 0 heterocycles. The lowest BCUT2D eigenvalue weighted by Crippen LogP contribution is -3.00. The largest absolute Gasteiger partial charge is 1.00 e. The molecule has 0 fully saturated rings. The van der Waals surface area contributed by atoms with Crippen LogP contribution in [-0.2, 0) is 0 Å². The van der Waals surface area contributed by atoms with E-state index in [1.807, 2.05) is 0 Å². The van der Waals surface area contributed by atoms with Gasteiger partial charge in [-0.15, -0.1) is 12.4 Å². The van der Waals surface area contributed by atoms with E-state index in [4.69, 9.17) is 0 Å². The highest BCUT2D eigenvalue weighted by Crippen LogP contribution is 2.14. The van der Waals surface area contributed by atoms with Crippen LogP contribution in [0.2, 0.25) is 0 Å². The first-order valence-corrected chi connectivity index (χ1v) is 12.9. The fourth-order valence-corrected chi connectivity index (χ4v) is 4.17. The number of hydrogen-bond acceptors (Lipinski definition) is 1. The van der Waals surface area contributed by atoms with E-state index in [1.54, 1.807) is 0 Å². The molecule has 0 bridgehead atoms. The first kappa shape index (κ1) is 37.8. The van der Waals surface area contributed by atoms with Crippen LogP contribution < -0.4 is 18.6 Å². The third kappa shape index (κ3) is 30.7. The molecule has 0 aromatic heterocycles. The van der Waals surface area contributed by atoms with Crippen LogP contribution in [0.3, 0.4) is 0 Å². The summed E-state index contributed by atoms with van der Waals surface area (Å²) in [6.45, 7) is 7.37. The van der Waals surface area contributed by atoms with Crippen molar-refractivity contribution in [1.29, 1.82) is 0 Å². The second kappa shape index (κ2) is 29.5. The van der Waals surface area contributed by atoms with E-state index in [-0.39, 0.29) is 31.0 Å². The minimum Gasteiger partial charge on any atom is -1.00 e. The Balaban J connectivity index is -0.00000113. The lowest BCUT2D eigenvalue weighted by Gasteiger charge is -2.30. The molecule has 0 saturated heterocycles. The first-order chi connectivity index (χ1) is 13.1. The van der Waals surface area contributed by atoms with Crippen molar-refractivity contribution in [3.05, 3.63) is 0 Å². The predicted molar refractivity (Wildman–Crippen MR) is 138 cm³/mol. The van der Waals surface area contributed by atoms with Gasteiger partial charge in [-0.25, -0.2) is 0 Å². The van der Waals surface area contributed by atoms with Gasteiger partial charge >= 0.3 is 0 Å². The Labute approximate surface area is 204 Å². The van der Waals surface area contributed by atoms with Gasteiger partial charge in [-0.2, -0.15) is 0 Å². The van der Waals surface area contributed by atoms with Gasteiger partial charge in [0.2, 0.25) is 0 Å². The van der Waals surface area contributed by atoms with Crippen LogP contribution in [-0.4, -0.2) is 31.7 Å². The molecule has 0 unspecified atom stereocenters. The number of quaternary nitrogens is 1. The molecular formula is C26H60Cl2N2. The number of nitrogens with zero attached hydrogens (tertiary/aromatic N) is 1. The number of rotatable bonds is 22. The molecule has 0 aromatic rings. The van der Waals surface area contributed by atoms with Crippen molar-refractivity contribution in [2.24, 2.45) is 0 Å². The normalized spacial score (nSPS) is 10.8. The van der Waals surface area contributed by atoms with E-state index >= 15 is 0 Å². The molecule has 0 saturated carbocycles. The van der Waals surface area contributed by atoms with Gasteiger partial charge in [0.25, 0.3) is 0 Å². The van der Waals surface area contributed by atoms with E-state index in [1.165, 1.54) is 146 Å². The van der Waals surface area contributed by atoms with Crippen molar-refractivity contribution < 1.29 is 16.9 Å². The summed E-state index contributed by atoms with van der Waals surface area (Å²) in [6.07, 6.45) is 29.0. The van der Waals surface area contributed by atoms with Crippen LogP contribution in [0, 0.1) is 0 Å². The zero-order chi connectivity index (χ0) is 20.1. The summed E-state index contributed by atoms with van der Waals surface area (Å²) in [4.78, 5) is 0. The SMILES string of the molecule is CCCCCCCCCCCC[N+](C)(C)CCCCCCCCCCCC.Cl.N.[Cl-]. The molecule has 0 aromatic carbocycles. The molecule has 0 rings (SSSR count). The van der Waals surface area contributed by atoms with Crippen molar-refractivity contribution in [3.63, 3.8) is 0 Å². The maximum absolute atomic E-state index is 2.45. The highest BCUT2D eigenvalue weighted by Gasteiger charge is 2.13. The van der Waals surface area contributed by atoms with Crippen LogP contribution in [0.4, 0.5) is 0 Å². The monoisotopic (exact) mass is 470 g/mol. The Hall–Kier alpha value is 0.500. The second-order valence-electron chi connectivity index (χ2n) is 9.75. The quantitative estimate of drug-likeness (QED) is 0.142. The topological polar surface area (TPSA) is 35.0 Å². The molecule has 0 atom stereocenters. The van der Waals surface area contributed by atoms with Gasteiger partial charge < -0.3 is 23.0 Å². The maximum Gasteiger partial charge on any atom is 0.0782 e. The summed E-state index contributed by atoms with van der Waals surface area (Å²) in [5, 5.41) is 0. The van der Waals surface area contributed by atoms with Crippen LogP contribution in [0.25, 0.3) is 0 Å². The van der Waals surface area contributed by atoms with E-state index in [9.17, 15) is 0 Å². The molecule has 4 heteroatoms. The fourth-order valence-electron chi connectivity index (χ4n) is 4.17. The maximum atomic E-state index is 2.45. The summed E-state index contributed by atoms with van der Waals surface area (Å²) in [6, 6.07) is 0. The third-order valence-electron chi connectivity index (χ3n) is 6.23. The Bertz CT molecular complexity index is 260. The second-order valence-corrected chi connectivity index (χ2v) is 9.75. The molecule has 188 valence electrons. The van der Waals surface area contributed by atoms with Crippen LogP contribution in [0.5, 0.6) is 0 Å². The molecule has 0 amide bonds. The first-order valence-electron chi connectivity index (χ1n) is 12.9. The highest BCUT2D eigenvalue weighted by molar-refractivity contribution is 5.85. The van der Waals surface area contributed by atoms with E-state index in [0.29, 0.717) is 0 Å². The molecule has 0 aliphatic rings. The Kier molecular flexibility index (Phi) is 37.2. The molecule has 2 nitrogen and oxygen atoms in total. The number of halogens is 2. The van der Waals surface area contributed by atoms with Crippen molar-refractivity contribution in [2.45, 2.75) is 142 Å². The summed E-state index contributed by atoms with van der Waals surface area (Å²) in [5.74, 6) is 0. The van der Waals surface area contributed by atoms with Gasteiger partial charge in [-0.3, -0.25) is 0 Å². The Morgan fingerprint density at radius 1 is 0.400 bits per heavy atom. The lowest BCUT2D eigenvalue weighted by molar-refractivity contribution is -0.890. The van der Waals surface area contributed by atoms with Crippen LogP contribution in [0.15, 0.2) is 0 Å². The summed E-state index contributed by atoms with van der Waals surface area (Å²) < 4.78 is 1.24. The summed E-state index contributed by atoms with van der Waals surface area (Å²) >= 11 is 0. The standard InChI is InChI=1S/C26H56N.2ClH.H3N/c1-5-7-9-11-13-15-17-19-21-23-25-27(3,4)26-24-22-20-18-16-14-12-10-8-6-2;;;/h5-26H2,1-4H3;2*1H;1H3/q+1;;;/p-1. The van der Waals surface area contributed by atoms with Crippen molar-refractivity contribution in [3.8, 4) is 0 Å². The molecule has 0 radical (unpaired) electrons. The van der Waals surface area contributed by atoms with Gasteiger partial charge in [0.15, 0.2) is 0 Å². The van der Waals surface area contributed by atoms with E-state index in [2.05, 4.69) is 27.9 Å². The average Bonchev–Trinajstić information content (AvgIpc) is 2.64. The van der Waals surface area contributed by atoms with Gasteiger partial charge in [0.05, 0.1) is 27.2 Å². The molecule has 30 heavy (non-hydrogen) atoms. The van der Waals surface area contributed by atoms with Crippen LogP contribution >= 0.6 is 12.4 Å². The average molecular weight is 472 g/mol. The predicted octanol–water partition coefficient (Wildman–Crippen LogP) is 6.49. The van der Waals surface area contributed by atoms with E-state index < -0.39 is 0 Å². The summed E-state index contributed by atoms with van der Waals surface area (Å²) in [7, 11) is 4.89. The van der Waals surface area contributed by atoms with Gasteiger partial charge in [-0.05, 0) is 25.7 Å². The lowest BCUT2D eigenvalue weighted by atomic mass is 10.1. The Morgan fingerprint density at radius 2 is 0.600 bits per heavy atom. The van der Waals surface area contributed by atoms with Crippen molar-refractivity contribution >= 4 is 12.4 Å². The van der Waals surface area contributed by atoms with Crippen molar-refractivity contribution in [1.82, 2.24) is 6.15 Å². The number of hydrogen-bond donors (Lipinski definition) is 1. The zero-order valence-corrected chi connectivity index (χ0v) is 23.1. The fraction of sp³-hybridized carbons (Fsp3) is 1.00. The number of unbranched alkanes of at least 4 members (excludes halogenated alkanes) is 18. The Morgan fingerprint density at radius 3 is 0.833 bits per heavy atom. The smallest absolute Gasteiger partial charge is 0.0782 e. The molecule has 0 aliphatic carbocycles. The van der Waals surface area contributed by atoms with E-state index in [0.717, 1.165) is 0 Å². The third-order valence-corrected chi connectivity index (χ3v) is 6.23. The van der Waals surface area contributed by atoms with Crippen molar-refractivity contribution in [2.75, 3.05) is 27.2 Å². The van der Waals surface area contributed by atoms with Gasteiger partial charge in [0.1, 0.15) is 0 Å².